The molecule has 0 saturated carbocycles. The summed E-state index contributed by atoms with van der Waals surface area (Å²) in [5, 5.41) is 0.317. The van der Waals surface area contributed by atoms with Crippen LogP contribution in [0.25, 0.3) is 0 Å². The van der Waals surface area contributed by atoms with Crippen molar-refractivity contribution in [2.75, 3.05) is 4.31 Å². The van der Waals surface area contributed by atoms with Crippen LogP contribution in [0.2, 0.25) is 5.02 Å². The van der Waals surface area contributed by atoms with E-state index in [9.17, 15) is 17.2 Å². The van der Waals surface area contributed by atoms with Gasteiger partial charge in [-0.15, -0.1) is 0 Å². The lowest BCUT2D eigenvalue weighted by atomic mass is 10.2. The second-order valence-electron chi connectivity index (χ2n) is 6.03. The van der Waals surface area contributed by atoms with Crippen LogP contribution >= 0.6 is 11.6 Å². The maximum absolute atomic E-state index is 13.7. The van der Waals surface area contributed by atoms with Gasteiger partial charge in [-0.1, -0.05) is 35.9 Å². The number of rotatable bonds is 5. The molecule has 0 saturated heterocycles. The van der Waals surface area contributed by atoms with Crippen molar-refractivity contribution in [2.24, 2.45) is 0 Å². The number of hydrogen-bond acceptors (Lipinski definition) is 2. The summed E-state index contributed by atoms with van der Waals surface area (Å²) in [6.45, 7) is 1.68. The zero-order chi connectivity index (χ0) is 19.6. The molecule has 3 aromatic carbocycles. The van der Waals surface area contributed by atoms with Crippen molar-refractivity contribution >= 4 is 27.3 Å². The van der Waals surface area contributed by atoms with Crippen LogP contribution in [0.3, 0.4) is 0 Å². The van der Waals surface area contributed by atoms with Gasteiger partial charge in [-0.3, -0.25) is 4.31 Å². The van der Waals surface area contributed by atoms with E-state index < -0.39 is 21.7 Å². The summed E-state index contributed by atoms with van der Waals surface area (Å²) in [6.07, 6.45) is 0. The van der Waals surface area contributed by atoms with Gasteiger partial charge in [0.05, 0.1) is 17.1 Å². The van der Waals surface area contributed by atoms with Gasteiger partial charge in [-0.05, 0) is 60.5 Å². The molecule has 0 aliphatic heterocycles. The van der Waals surface area contributed by atoms with Gasteiger partial charge in [0.2, 0.25) is 0 Å². The van der Waals surface area contributed by atoms with Gasteiger partial charge in [-0.2, -0.15) is 0 Å². The van der Waals surface area contributed by atoms with E-state index in [2.05, 4.69) is 0 Å². The molecule has 27 heavy (non-hydrogen) atoms. The Hall–Kier alpha value is -2.44. The summed E-state index contributed by atoms with van der Waals surface area (Å²) in [7, 11) is -4.03. The van der Waals surface area contributed by atoms with Crippen molar-refractivity contribution in [3.05, 3.63) is 94.5 Å². The first-order chi connectivity index (χ1) is 12.8. The van der Waals surface area contributed by atoms with Crippen LogP contribution < -0.4 is 4.31 Å². The fourth-order valence-electron chi connectivity index (χ4n) is 2.56. The predicted molar refractivity (Wildman–Crippen MR) is 102 cm³/mol. The van der Waals surface area contributed by atoms with Crippen LogP contribution in [0.1, 0.15) is 11.1 Å². The average Bonchev–Trinajstić information content (AvgIpc) is 2.63. The van der Waals surface area contributed by atoms with Gasteiger partial charge in [-0.25, -0.2) is 17.2 Å². The van der Waals surface area contributed by atoms with E-state index in [1.807, 2.05) is 0 Å². The molecule has 0 aliphatic carbocycles. The van der Waals surface area contributed by atoms with Crippen molar-refractivity contribution in [2.45, 2.75) is 18.4 Å². The Morgan fingerprint density at radius 3 is 2.26 bits per heavy atom. The van der Waals surface area contributed by atoms with Gasteiger partial charge in [0.25, 0.3) is 10.0 Å². The minimum Gasteiger partial charge on any atom is -0.262 e. The minimum atomic E-state index is -4.03. The van der Waals surface area contributed by atoms with Crippen molar-refractivity contribution < 1.29 is 17.2 Å². The lowest BCUT2D eigenvalue weighted by molar-refractivity contribution is 0.589. The highest BCUT2D eigenvalue weighted by Gasteiger charge is 2.26. The molecule has 0 spiro atoms. The molecule has 0 bridgehead atoms. The molecule has 0 heterocycles. The van der Waals surface area contributed by atoms with E-state index in [0.717, 1.165) is 15.9 Å². The number of sulfonamides is 1. The Balaban J connectivity index is 2.10. The van der Waals surface area contributed by atoms with E-state index >= 15 is 0 Å². The van der Waals surface area contributed by atoms with Gasteiger partial charge >= 0.3 is 0 Å². The Kier molecular flexibility index (Phi) is 5.48. The third-order valence-corrected chi connectivity index (χ3v) is 6.24. The Morgan fingerprint density at radius 1 is 0.926 bits per heavy atom. The van der Waals surface area contributed by atoms with Gasteiger partial charge in [0.15, 0.2) is 0 Å². The summed E-state index contributed by atoms with van der Waals surface area (Å²) >= 11 is 6.09. The summed E-state index contributed by atoms with van der Waals surface area (Å²) in [6, 6.07) is 15.2. The fraction of sp³-hybridized carbons (Fsp3) is 0.100. The van der Waals surface area contributed by atoms with Crippen LogP contribution in [0.4, 0.5) is 14.5 Å². The number of halogens is 3. The molecular weight excluding hydrogens is 392 g/mol. The number of anilines is 1. The SMILES string of the molecule is Cc1ccc(S(=O)(=O)N(Cc2ccc(F)cc2)c2cccc(F)c2)cc1Cl. The summed E-state index contributed by atoms with van der Waals surface area (Å²) < 4.78 is 54.5. The lowest BCUT2D eigenvalue weighted by Gasteiger charge is -2.25. The number of aryl methyl sites for hydroxylation is 1. The molecule has 0 radical (unpaired) electrons. The molecule has 140 valence electrons. The van der Waals surface area contributed by atoms with E-state index in [-0.39, 0.29) is 17.1 Å². The summed E-state index contributed by atoms with van der Waals surface area (Å²) in [5.41, 5.74) is 1.46. The molecule has 0 aliphatic rings. The first kappa shape index (κ1) is 19.3. The quantitative estimate of drug-likeness (QED) is 0.573. The van der Waals surface area contributed by atoms with Gasteiger partial charge in [0, 0.05) is 5.02 Å². The molecule has 0 amide bonds. The molecule has 0 N–H and O–H groups in total. The average molecular weight is 408 g/mol. The van der Waals surface area contributed by atoms with Crippen LogP contribution in [0.15, 0.2) is 71.6 Å². The van der Waals surface area contributed by atoms with Crippen molar-refractivity contribution in [3.8, 4) is 0 Å². The lowest BCUT2D eigenvalue weighted by Crippen LogP contribution is -2.30. The fourth-order valence-corrected chi connectivity index (χ4v) is 4.28. The standard InChI is InChI=1S/C20H16ClF2NO2S/c1-14-5-10-19(12-20(14)21)27(25,26)24(18-4-2-3-17(23)11-18)13-15-6-8-16(22)9-7-15/h2-12H,13H2,1H3. The second-order valence-corrected chi connectivity index (χ2v) is 8.30. The second kappa shape index (κ2) is 7.66. The maximum atomic E-state index is 13.7. The highest BCUT2D eigenvalue weighted by molar-refractivity contribution is 7.92. The highest BCUT2D eigenvalue weighted by Crippen LogP contribution is 2.29. The molecule has 0 unspecified atom stereocenters. The topological polar surface area (TPSA) is 37.4 Å². The number of hydrogen-bond donors (Lipinski definition) is 0. The normalized spacial score (nSPS) is 11.4. The zero-order valence-corrected chi connectivity index (χ0v) is 15.9. The summed E-state index contributed by atoms with van der Waals surface area (Å²) in [4.78, 5) is -0.00975. The van der Waals surface area contributed by atoms with Crippen molar-refractivity contribution in [1.82, 2.24) is 0 Å². The highest BCUT2D eigenvalue weighted by atomic mass is 35.5. The van der Waals surface area contributed by atoms with E-state index in [1.165, 1.54) is 54.6 Å². The molecule has 3 aromatic rings. The Labute approximate surface area is 161 Å². The summed E-state index contributed by atoms with van der Waals surface area (Å²) in [5.74, 6) is -0.988. The molecule has 3 nitrogen and oxygen atoms in total. The van der Waals surface area contributed by atoms with Crippen LogP contribution in [-0.4, -0.2) is 8.42 Å². The predicted octanol–water partition coefficient (Wildman–Crippen LogP) is 5.32. The molecule has 3 rings (SSSR count). The van der Waals surface area contributed by atoms with E-state index in [4.69, 9.17) is 11.6 Å². The number of nitrogens with zero attached hydrogens (tertiary/aromatic N) is 1. The molecular formula is C20H16ClF2NO2S. The third-order valence-electron chi connectivity index (χ3n) is 4.07. The van der Waals surface area contributed by atoms with Crippen LogP contribution in [0, 0.1) is 18.6 Å². The smallest absolute Gasteiger partial charge is 0.262 e. The number of benzene rings is 3. The molecule has 0 aromatic heterocycles. The maximum Gasteiger partial charge on any atom is 0.264 e. The first-order valence-electron chi connectivity index (χ1n) is 8.06. The molecule has 0 fully saturated rings. The van der Waals surface area contributed by atoms with Crippen molar-refractivity contribution in [1.29, 1.82) is 0 Å². The van der Waals surface area contributed by atoms with Gasteiger partial charge < -0.3 is 0 Å². The first-order valence-corrected chi connectivity index (χ1v) is 9.88. The largest absolute Gasteiger partial charge is 0.264 e. The van der Waals surface area contributed by atoms with E-state index in [0.29, 0.717) is 10.6 Å². The molecule has 7 heteroatoms. The molecule has 0 atom stereocenters. The monoisotopic (exact) mass is 407 g/mol. The van der Waals surface area contributed by atoms with E-state index in [1.54, 1.807) is 13.0 Å². The Bertz CT molecular complexity index is 1070. The van der Waals surface area contributed by atoms with Gasteiger partial charge in [0.1, 0.15) is 11.6 Å². The van der Waals surface area contributed by atoms with Crippen LogP contribution in [0.5, 0.6) is 0 Å². The van der Waals surface area contributed by atoms with Crippen LogP contribution in [-0.2, 0) is 16.6 Å². The van der Waals surface area contributed by atoms with Crippen molar-refractivity contribution in [3.63, 3.8) is 0 Å². The Morgan fingerprint density at radius 2 is 1.63 bits per heavy atom. The third kappa shape index (κ3) is 4.28. The zero-order valence-electron chi connectivity index (χ0n) is 14.4. The minimum absolute atomic E-state index is 0.00975.